The highest BCUT2D eigenvalue weighted by atomic mass is 32.3. The lowest BCUT2D eigenvalue weighted by atomic mass is 9.75. The summed E-state index contributed by atoms with van der Waals surface area (Å²) in [6, 6.07) is 9.47. The molecule has 1 saturated carbocycles. The predicted molar refractivity (Wildman–Crippen MR) is 154 cm³/mol. The van der Waals surface area contributed by atoms with Crippen LogP contribution in [-0.2, 0) is 20.3 Å². The van der Waals surface area contributed by atoms with Gasteiger partial charge in [0.05, 0.1) is 11.8 Å². The van der Waals surface area contributed by atoms with Crippen LogP contribution in [0.1, 0.15) is 71.4 Å². The lowest BCUT2D eigenvalue weighted by Crippen LogP contribution is -2.44. The molecule has 1 aromatic carbocycles. The number of halogens is 1. The van der Waals surface area contributed by atoms with E-state index in [1.807, 2.05) is 58.9 Å². The molecule has 0 bridgehead atoms. The Morgan fingerprint density at radius 2 is 1.90 bits per heavy atom. The lowest BCUT2D eigenvalue weighted by molar-refractivity contribution is -0.128. The van der Waals surface area contributed by atoms with Crippen molar-refractivity contribution >= 4 is 21.7 Å². The van der Waals surface area contributed by atoms with Crippen molar-refractivity contribution in [1.82, 2.24) is 10.3 Å². The molecule has 0 spiro atoms. The number of carbonyl (C=O) groups excluding carboxylic acids is 1. The molecule has 4 atom stereocenters. The zero-order valence-electron chi connectivity index (χ0n) is 23.6. The standard InChI is InChI=1S/C29H42FN5O3S/c1-18(2)24(17-31)33-27(36)23-16-20(30)8-11-22(23)25-26(38-28(34-25)29(3,4)5)19-6-9-21(10-7-19)35-12-14-39(32,37)15-13-35/h6-7,9-10,18,20,22-24,39H,8,11-16H2,1-5H3,(H2,32,37)(H,33,36)/t20-,22+,23+,24+/m0/s1. The number of benzene rings is 1. The average Bonchev–Trinajstić information content (AvgIpc) is 3.33. The van der Waals surface area contributed by atoms with Gasteiger partial charge in [0.2, 0.25) is 11.8 Å². The molecular weight excluding hydrogens is 517 g/mol. The molecule has 1 saturated heterocycles. The summed E-state index contributed by atoms with van der Waals surface area (Å²) in [4.78, 5) is 20.5. The van der Waals surface area contributed by atoms with Crippen molar-refractivity contribution in [3.05, 3.63) is 35.9 Å². The van der Waals surface area contributed by atoms with Gasteiger partial charge in [-0.1, -0.05) is 34.6 Å². The molecule has 3 N–H and O–H groups in total. The minimum absolute atomic E-state index is 0.0625. The maximum absolute atomic E-state index is 14.6. The summed E-state index contributed by atoms with van der Waals surface area (Å²) in [6.07, 6.45) is -0.188. The molecule has 10 heteroatoms. The zero-order valence-corrected chi connectivity index (χ0v) is 24.5. The van der Waals surface area contributed by atoms with E-state index in [0.29, 0.717) is 54.8 Å². The molecule has 1 aliphatic heterocycles. The SMILES string of the molecule is CC(C)[C@@H](C#N)NC(=O)[C@@H]1C[C@@H](F)CC[C@H]1c1nc(C(C)(C)C)oc1-c1ccc(N2CC[SH](=N)(O)CC2)cc1. The number of aromatic nitrogens is 1. The fourth-order valence-corrected chi connectivity index (χ4v) is 6.70. The highest BCUT2D eigenvalue weighted by Gasteiger charge is 2.41. The van der Waals surface area contributed by atoms with Gasteiger partial charge in [0, 0.05) is 53.1 Å². The van der Waals surface area contributed by atoms with E-state index in [-0.39, 0.29) is 29.6 Å². The van der Waals surface area contributed by atoms with Gasteiger partial charge in [-0.2, -0.15) is 5.26 Å². The molecule has 4 rings (SSSR count). The number of oxazole rings is 1. The van der Waals surface area contributed by atoms with E-state index < -0.39 is 28.2 Å². The van der Waals surface area contributed by atoms with Gasteiger partial charge in [-0.15, -0.1) is 10.1 Å². The van der Waals surface area contributed by atoms with E-state index in [4.69, 9.17) is 14.2 Å². The molecule has 1 amide bonds. The summed E-state index contributed by atoms with van der Waals surface area (Å²) in [5, 5.41) is 12.4. The van der Waals surface area contributed by atoms with E-state index in [9.17, 15) is 19.0 Å². The quantitative estimate of drug-likeness (QED) is 0.348. The third-order valence-corrected chi connectivity index (χ3v) is 9.73. The fourth-order valence-electron chi connectivity index (χ4n) is 5.33. The van der Waals surface area contributed by atoms with Gasteiger partial charge in [-0.05, 0) is 49.4 Å². The summed E-state index contributed by atoms with van der Waals surface area (Å²) in [5.74, 6) is 0.792. The van der Waals surface area contributed by atoms with Crippen molar-refractivity contribution in [3.63, 3.8) is 0 Å². The Hall–Kier alpha value is -2.77. The molecule has 2 fully saturated rings. The maximum Gasteiger partial charge on any atom is 0.224 e. The number of anilines is 1. The molecule has 2 heterocycles. The number of alkyl halides is 1. The molecule has 2 aliphatic rings. The number of nitriles is 1. The van der Waals surface area contributed by atoms with Crippen molar-refractivity contribution in [2.45, 2.75) is 77.4 Å². The van der Waals surface area contributed by atoms with E-state index in [2.05, 4.69) is 16.3 Å². The second-order valence-corrected chi connectivity index (χ2v) is 15.1. The Morgan fingerprint density at radius 3 is 2.46 bits per heavy atom. The second-order valence-electron chi connectivity index (χ2n) is 12.4. The Balaban J connectivity index is 1.67. The van der Waals surface area contributed by atoms with Crippen LogP contribution in [0.5, 0.6) is 0 Å². The topological polar surface area (TPSA) is 126 Å². The molecule has 1 aliphatic carbocycles. The number of thiol groups is 1. The summed E-state index contributed by atoms with van der Waals surface area (Å²) in [5.41, 5.74) is 2.15. The normalized spacial score (nSPS) is 25.1. The Labute approximate surface area is 232 Å². The molecule has 0 unspecified atom stereocenters. The van der Waals surface area contributed by atoms with Crippen LogP contribution in [0.3, 0.4) is 0 Å². The average molecular weight is 560 g/mol. The molecule has 1 aromatic heterocycles. The zero-order chi connectivity index (χ0) is 28.5. The Morgan fingerprint density at radius 1 is 1.26 bits per heavy atom. The van der Waals surface area contributed by atoms with Gasteiger partial charge in [-0.3, -0.25) is 9.57 Å². The van der Waals surface area contributed by atoms with Crippen LogP contribution in [-0.4, -0.2) is 52.3 Å². The first-order valence-electron chi connectivity index (χ1n) is 13.8. The minimum atomic E-state index is -2.51. The largest absolute Gasteiger partial charge is 0.440 e. The van der Waals surface area contributed by atoms with Gasteiger partial charge >= 0.3 is 0 Å². The van der Waals surface area contributed by atoms with Crippen molar-refractivity contribution in [3.8, 4) is 17.4 Å². The van der Waals surface area contributed by atoms with Gasteiger partial charge in [0.1, 0.15) is 12.2 Å². The number of carbonyl (C=O) groups is 1. The van der Waals surface area contributed by atoms with Crippen LogP contribution in [0.15, 0.2) is 28.7 Å². The van der Waals surface area contributed by atoms with Crippen LogP contribution < -0.4 is 10.2 Å². The molecule has 8 nitrogen and oxygen atoms in total. The molecular formula is C29H42FN5O3S. The third kappa shape index (κ3) is 6.69. The molecule has 39 heavy (non-hydrogen) atoms. The van der Waals surface area contributed by atoms with Crippen LogP contribution >= 0.6 is 0 Å². The Kier molecular flexibility index (Phi) is 8.52. The molecule has 214 valence electrons. The van der Waals surface area contributed by atoms with Crippen molar-refractivity contribution in [2.75, 3.05) is 29.5 Å². The summed E-state index contributed by atoms with van der Waals surface area (Å²) < 4.78 is 39.1. The predicted octanol–water partition coefficient (Wildman–Crippen LogP) is 5.47. The summed E-state index contributed by atoms with van der Waals surface area (Å²) >= 11 is 0. The number of hydrogen-bond donors (Lipinski definition) is 4. The highest BCUT2D eigenvalue weighted by Crippen LogP contribution is 2.44. The number of nitrogens with one attached hydrogen (secondary N) is 2. The van der Waals surface area contributed by atoms with Crippen LogP contribution in [0.2, 0.25) is 0 Å². The first-order chi connectivity index (χ1) is 18.3. The fraction of sp³-hybridized carbons (Fsp3) is 0.621. The third-order valence-electron chi connectivity index (χ3n) is 7.85. The first-order valence-corrected chi connectivity index (χ1v) is 16.0. The smallest absolute Gasteiger partial charge is 0.224 e. The van der Waals surface area contributed by atoms with Crippen molar-refractivity contribution in [1.29, 1.82) is 10.0 Å². The van der Waals surface area contributed by atoms with Gasteiger partial charge < -0.3 is 19.2 Å². The summed E-state index contributed by atoms with van der Waals surface area (Å²) in [7, 11) is -2.51. The second kappa shape index (κ2) is 11.4. The van der Waals surface area contributed by atoms with Crippen LogP contribution in [0.4, 0.5) is 10.1 Å². The molecule has 0 radical (unpaired) electrons. The van der Waals surface area contributed by atoms with Crippen molar-refractivity contribution in [2.24, 2.45) is 11.8 Å². The van der Waals surface area contributed by atoms with Crippen LogP contribution in [0, 0.1) is 27.9 Å². The number of nitrogens with zero attached hydrogens (tertiary/aromatic N) is 3. The minimum Gasteiger partial charge on any atom is -0.440 e. The van der Waals surface area contributed by atoms with E-state index in [1.165, 1.54) is 0 Å². The van der Waals surface area contributed by atoms with Gasteiger partial charge in [-0.25, -0.2) is 9.37 Å². The number of rotatable bonds is 6. The number of hydrogen-bond acceptors (Lipinski definition) is 6. The first kappa shape index (κ1) is 29.2. The van der Waals surface area contributed by atoms with E-state index in [0.717, 1.165) is 11.3 Å². The maximum atomic E-state index is 14.6. The Bertz CT molecular complexity index is 1250. The number of amides is 1. The molecule has 2 aromatic rings. The summed E-state index contributed by atoms with van der Waals surface area (Å²) in [6.45, 7) is 11.1. The van der Waals surface area contributed by atoms with Gasteiger partial charge in [0.15, 0.2) is 5.76 Å². The van der Waals surface area contributed by atoms with Gasteiger partial charge in [0.25, 0.3) is 0 Å². The lowest BCUT2D eigenvalue weighted by Gasteiger charge is -2.36. The van der Waals surface area contributed by atoms with Crippen molar-refractivity contribution < 1.29 is 18.2 Å². The van der Waals surface area contributed by atoms with E-state index in [1.54, 1.807) is 0 Å². The highest BCUT2D eigenvalue weighted by molar-refractivity contribution is 7.98. The van der Waals surface area contributed by atoms with E-state index >= 15 is 0 Å². The monoisotopic (exact) mass is 559 g/mol. The van der Waals surface area contributed by atoms with Crippen LogP contribution in [0.25, 0.3) is 11.3 Å².